The van der Waals surface area contributed by atoms with Crippen LogP contribution >= 0.6 is 23.5 Å². The fourth-order valence-electron chi connectivity index (χ4n) is 2.65. The van der Waals surface area contributed by atoms with Gasteiger partial charge in [0.2, 0.25) is 0 Å². The lowest BCUT2D eigenvalue weighted by atomic mass is 10.0. The van der Waals surface area contributed by atoms with Crippen LogP contribution in [0.4, 0.5) is 4.79 Å². The summed E-state index contributed by atoms with van der Waals surface area (Å²) in [7, 11) is 0. The van der Waals surface area contributed by atoms with Gasteiger partial charge in [0.05, 0.1) is 9.79 Å². The predicted molar refractivity (Wildman–Crippen MR) is 111 cm³/mol. The molecule has 0 bridgehead atoms. The van der Waals surface area contributed by atoms with E-state index >= 15 is 0 Å². The van der Waals surface area contributed by atoms with Crippen LogP contribution in [0.1, 0.15) is 64.9 Å². The maximum absolute atomic E-state index is 12.0. The minimum absolute atomic E-state index is 0.0648. The molecule has 0 radical (unpaired) electrons. The van der Waals surface area contributed by atoms with Crippen molar-refractivity contribution < 1.29 is 9.53 Å². The van der Waals surface area contributed by atoms with Crippen LogP contribution in [0.15, 0.2) is 21.9 Å². The van der Waals surface area contributed by atoms with Gasteiger partial charge in [-0.05, 0) is 56.9 Å². The molecule has 1 rings (SSSR count). The summed E-state index contributed by atoms with van der Waals surface area (Å²) in [4.78, 5) is 14.1. The quantitative estimate of drug-likeness (QED) is 0.348. The number of carbonyl (C=O) groups excluding carboxylic acids is 1. The van der Waals surface area contributed by atoms with Crippen LogP contribution in [0.25, 0.3) is 0 Å². The standard InChI is InChI=1S/C20H33NO2S2/c1-6-7-8-9-10-11-12-16-13-17(24-4)19(18(14-16)25-5)23-20(22)21-15(2)3/h13-15H,6-12H2,1-5H3,(H,21,22). The number of carbonyl (C=O) groups is 1. The van der Waals surface area contributed by atoms with Crippen molar-refractivity contribution >= 4 is 29.6 Å². The van der Waals surface area contributed by atoms with Crippen molar-refractivity contribution in [2.45, 2.75) is 81.5 Å². The normalized spacial score (nSPS) is 11.0. The SMILES string of the molecule is CCCCCCCCc1cc(SC)c(OC(=O)NC(C)C)c(SC)c1. The molecular formula is C20H33NO2S2. The summed E-state index contributed by atoms with van der Waals surface area (Å²) in [5.41, 5.74) is 1.33. The van der Waals surface area contributed by atoms with Crippen molar-refractivity contribution in [2.75, 3.05) is 12.5 Å². The van der Waals surface area contributed by atoms with Crippen molar-refractivity contribution in [3.63, 3.8) is 0 Å². The molecule has 0 saturated carbocycles. The van der Waals surface area contributed by atoms with E-state index in [4.69, 9.17) is 4.74 Å². The van der Waals surface area contributed by atoms with Gasteiger partial charge in [0.15, 0.2) is 5.75 Å². The number of aryl methyl sites for hydroxylation is 1. The van der Waals surface area contributed by atoms with E-state index in [0.717, 1.165) is 16.2 Å². The lowest BCUT2D eigenvalue weighted by Crippen LogP contribution is -2.32. The van der Waals surface area contributed by atoms with E-state index in [1.165, 1.54) is 44.1 Å². The molecule has 0 atom stereocenters. The van der Waals surface area contributed by atoms with Crippen LogP contribution in [-0.4, -0.2) is 24.6 Å². The molecule has 0 aromatic heterocycles. The van der Waals surface area contributed by atoms with E-state index in [1.54, 1.807) is 23.5 Å². The minimum atomic E-state index is -0.385. The van der Waals surface area contributed by atoms with Crippen LogP contribution in [0, 0.1) is 0 Å². The highest BCUT2D eigenvalue weighted by molar-refractivity contribution is 7.99. The van der Waals surface area contributed by atoms with Gasteiger partial charge in [0.25, 0.3) is 0 Å². The second kappa shape index (κ2) is 12.5. The zero-order valence-corrected chi connectivity index (χ0v) is 17.9. The van der Waals surface area contributed by atoms with Gasteiger partial charge < -0.3 is 10.1 Å². The molecule has 0 heterocycles. The lowest BCUT2D eigenvalue weighted by molar-refractivity contribution is 0.195. The van der Waals surface area contributed by atoms with Gasteiger partial charge >= 0.3 is 6.09 Å². The predicted octanol–water partition coefficient (Wildman–Crippen LogP) is 6.53. The number of ether oxygens (including phenoxy) is 1. The van der Waals surface area contributed by atoms with Gasteiger partial charge in [0, 0.05) is 6.04 Å². The van der Waals surface area contributed by atoms with Crippen molar-refractivity contribution in [2.24, 2.45) is 0 Å². The molecule has 0 saturated heterocycles. The Morgan fingerprint density at radius 3 is 2.12 bits per heavy atom. The Morgan fingerprint density at radius 2 is 1.60 bits per heavy atom. The Balaban J connectivity index is 2.75. The first kappa shape index (κ1) is 22.2. The molecule has 25 heavy (non-hydrogen) atoms. The Morgan fingerprint density at radius 1 is 1.04 bits per heavy atom. The Labute approximate surface area is 162 Å². The highest BCUT2D eigenvalue weighted by Crippen LogP contribution is 2.38. The molecule has 1 aromatic rings. The van der Waals surface area contributed by atoms with Crippen molar-refractivity contribution in [3.05, 3.63) is 17.7 Å². The molecule has 142 valence electrons. The van der Waals surface area contributed by atoms with E-state index in [1.807, 2.05) is 26.4 Å². The molecule has 1 amide bonds. The maximum Gasteiger partial charge on any atom is 0.412 e. The average molecular weight is 384 g/mol. The summed E-state index contributed by atoms with van der Waals surface area (Å²) in [6.45, 7) is 6.10. The fourth-order valence-corrected chi connectivity index (χ4v) is 3.92. The first-order valence-corrected chi connectivity index (χ1v) is 11.7. The third-order valence-corrected chi connectivity index (χ3v) is 5.43. The Kier molecular flexibility index (Phi) is 11.1. The van der Waals surface area contributed by atoms with Crippen LogP contribution in [0.2, 0.25) is 0 Å². The minimum Gasteiger partial charge on any atom is -0.408 e. The van der Waals surface area contributed by atoms with E-state index in [9.17, 15) is 4.79 Å². The molecule has 5 heteroatoms. The van der Waals surface area contributed by atoms with Gasteiger partial charge in [-0.3, -0.25) is 0 Å². The summed E-state index contributed by atoms with van der Waals surface area (Å²) in [6.07, 6.45) is 12.6. The average Bonchev–Trinajstić information content (AvgIpc) is 2.57. The van der Waals surface area contributed by atoms with Crippen LogP contribution in [-0.2, 0) is 6.42 Å². The van der Waals surface area contributed by atoms with Crippen molar-refractivity contribution in [3.8, 4) is 5.75 Å². The number of rotatable bonds is 11. The van der Waals surface area contributed by atoms with Gasteiger partial charge in [-0.2, -0.15) is 0 Å². The summed E-state index contributed by atoms with van der Waals surface area (Å²) in [6, 6.07) is 4.41. The molecular weight excluding hydrogens is 350 g/mol. The molecule has 1 N–H and O–H groups in total. The molecule has 0 aliphatic heterocycles. The first-order valence-electron chi connectivity index (χ1n) is 9.25. The maximum atomic E-state index is 12.0. The topological polar surface area (TPSA) is 38.3 Å². The van der Waals surface area contributed by atoms with Crippen molar-refractivity contribution in [1.29, 1.82) is 0 Å². The van der Waals surface area contributed by atoms with Crippen LogP contribution in [0.3, 0.4) is 0 Å². The molecule has 0 aliphatic carbocycles. The second-order valence-electron chi connectivity index (χ2n) is 6.54. The lowest BCUT2D eigenvalue weighted by Gasteiger charge is -2.16. The zero-order chi connectivity index (χ0) is 18.7. The summed E-state index contributed by atoms with van der Waals surface area (Å²) in [5.74, 6) is 0.685. The summed E-state index contributed by atoms with van der Waals surface area (Å²) < 4.78 is 5.60. The summed E-state index contributed by atoms with van der Waals surface area (Å²) >= 11 is 3.26. The molecule has 0 fully saturated rings. The molecule has 0 aliphatic rings. The monoisotopic (exact) mass is 383 g/mol. The van der Waals surface area contributed by atoms with Gasteiger partial charge in [-0.25, -0.2) is 4.79 Å². The van der Waals surface area contributed by atoms with Gasteiger partial charge in [0.1, 0.15) is 0 Å². The molecule has 1 aromatic carbocycles. The third-order valence-electron chi connectivity index (χ3n) is 3.94. The highest BCUT2D eigenvalue weighted by atomic mass is 32.2. The fraction of sp³-hybridized carbons (Fsp3) is 0.650. The first-order chi connectivity index (χ1) is 12.0. The van der Waals surface area contributed by atoms with Crippen LogP contribution in [0.5, 0.6) is 5.75 Å². The van der Waals surface area contributed by atoms with Gasteiger partial charge in [-0.1, -0.05) is 39.0 Å². The highest BCUT2D eigenvalue weighted by Gasteiger charge is 2.16. The van der Waals surface area contributed by atoms with E-state index < -0.39 is 0 Å². The smallest absolute Gasteiger partial charge is 0.408 e. The largest absolute Gasteiger partial charge is 0.412 e. The third kappa shape index (κ3) is 8.41. The number of unbranched alkanes of at least 4 members (excludes halogenated alkanes) is 5. The van der Waals surface area contributed by atoms with Gasteiger partial charge in [-0.15, -0.1) is 23.5 Å². The zero-order valence-electron chi connectivity index (χ0n) is 16.3. The number of hydrogen-bond donors (Lipinski definition) is 1. The number of thioether (sulfide) groups is 2. The number of benzene rings is 1. The van der Waals surface area contributed by atoms with E-state index in [2.05, 4.69) is 24.4 Å². The Bertz CT molecular complexity index is 507. The Hall–Kier alpha value is -0.810. The van der Waals surface area contributed by atoms with Crippen molar-refractivity contribution in [1.82, 2.24) is 5.32 Å². The second-order valence-corrected chi connectivity index (χ2v) is 8.23. The van der Waals surface area contributed by atoms with Crippen LogP contribution < -0.4 is 10.1 Å². The van der Waals surface area contributed by atoms with E-state index in [0.29, 0.717) is 5.75 Å². The molecule has 0 spiro atoms. The number of hydrogen-bond acceptors (Lipinski definition) is 4. The molecule has 0 unspecified atom stereocenters. The number of amides is 1. The van der Waals surface area contributed by atoms with E-state index in [-0.39, 0.29) is 12.1 Å². The summed E-state index contributed by atoms with van der Waals surface area (Å²) in [5, 5.41) is 2.79. The molecule has 3 nitrogen and oxygen atoms in total. The number of nitrogens with one attached hydrogen (secondary N) is 1.